The lowest BCUT2D eigenvalue weighted by molar-refractivity contribution is -0.143. The summed E-state index contributed by atoms with van der Waals surface area (Å²) in [6, 6.07) is 5.66. The third-order valence-corrected chi connectivity index (χ3v) is 3.16. The number of nitrogens with two attached hydrogens (primary N) is 1. The molecule has 3 N–H and O–H groups in total. The van der Waals surface area contributed by atoms with Crippen LogP contribution in [0.4, 0.5) is 4.39 Å². The molecule has 0 fully saturated rings. The number of hydrogen-bond acceptors (Lipinski definition) is 5. The van der Waals surface area contributed by atoms with Crippen LogP contribution in [0.25, 0.3) is 0 Å². The Morgan fingerprint density at radius 2 is 2.20 bits per heavy atom. The molecular weight excluding hydrogens is 265 g/mol. The first-order chi connectivity index (χ1) is 9.49. The highest BCUT2D eigenvalue weighted by molar-refractivity contribution is 5.82. The van der Waals surface area contributed by atoms with Crippen molar-refractivity contribution in [1.82, 2.24) is 20.2 Å². The predicted octanol–water partition coefficient (Wildman–Crippen LogP) is -0.127. The number of aryl methyl sites for hydroxylation is 1. The van der Waals surface area contributed by atoms with Crippen LogP contribution in [0.5, 0.6) is 0 Å². The lowest BCUT2D eigenvalue weighted by atomic mass is 9.77. The van der Waals surface area contributed by atoms with E-state index in [1.807, 2.05) is 0 Å². The molecule has 20 heavy (non-hydrogen) atoms. The fraction of sp³-hybridized carbons (Fsp3) is 0.333. The van der Waals surface area contributed by atoms with Gasteiger partial charge in [0.2, 0.25) is 0 Å². The molecule has 1 aromatic carbocycles. The number of aliphatic carboxylic acids is 1. The lowest BCUT2D eigenvalue weighted by Gasteiger charge is -2.27. The molecule has 0 aliphatic heterocycles. The maximum Gasteiger partial charge on any atom is 0.316 e. The first kappa shape index (κ1) is 14.1. The van der Waals surface area contributed by atoms with Crippen molar-refractivity contribution < 1.29 is 14.3 Å². The first-order valence-corrected chi connectivity index (χ1v) is 5.91. The second-order valence-electron chi connectivity index (χ2n) is 4.44. The minimum absolute atomic E-state index is 0.0162. The third kappa shape index (κ3) is 2.37. The standard InChI is InChI=1S/C12H14FN5O2/c1-18-16-10(15-17-18)6-12(7-14,11(19)20)8-4-2-3-5-9(8)13/h2-5H,6-7,14H2,1H3,(H,19,20). The van der Waals surface area contributed by atoms with E-state index in [1.54, 1.807) is 13.1 Å². The SMILES string of the molecule is Cn1nnc(CC(CN)(C(=O)O)c2ccccc2F)n1. The largest absolute Gasteiger partial charge is 0.481 e. The number of aromatic nitrogens is 4. The fourth-order valence-corrected chi connectivity index (χ4v) is 2.07. The van der Waals surface area contributed by atoms with Gasteiger partial charge in [-0.05, 0) is 11.3 Å². The Kier molecular flexibility index (Phi) is 3.75. The zero-order valence-electron chi connectivity index (χ0n) is 10.8. The maximum absolute atomic E-state index is 14.0. The van der Waals surface area contributed by atoms with Crippen molar-refractivity contribution in [2.75, 3.05) is 6.54 Å². The van der Waals surface area contributed by atoms with Gasteiger partial charge in [-0.15, -0.1) is 10.2 Å². The molecule has 1 heterocycles. The normalized spacial score (nSPS) is 13.9. The van der Waals surface area contributed by atoms with Crippen LogP contribution in [0.2, 0.25) is 0 Å². The van der Waals surface area contributed by atoms with Crippen LogP contribution in [0.3, 0.4) is 0 Å². The molecule has 1 aromatic heterocycles. The molecule has 2 aromatic rings. The van der Waals surface area contributed by atoms with Crippen molar-refractivity contribution in [3.63, 3.8) is 0 Å². The van der Waals surface area contributed by atoms with Gasteiger partial charge >= 0.3 is 5.97 Å². The number of benzene rings is 1. The number of tetrazole rings is 1. The molecule has 0 spiro atoms. The highest BCUT2D eigenvalue weighted by atomic mass is 19.1. The summed E-state index contributed by atoms with van der Waals surface area (Å²) in [5, 5.41) is 20.9. The minimum Gasteiger partial charge on any atom is -0.481 e. The average molecular weight is 279 g/mol. The topological polar surface area (TPSA) is 107 Å². The zero-order valence-corrected chi connectivity index (χ0v) is 10.8. The molecule has 1 unspecified atom stereocenters. The van der Waals surface area contributed by atoms with Crippen LogP contribution in [-0.4, -0.2) is 37.8 Å². The maximum atomic E-state index is 14.0. The smallest absolute Gasteiger partial charge is 0.316 e. The Morgan fingerprint density at radius 3 is 2.70 bits per heavy atom. The number of hydrogen-bond donors (Lipinski definition) is 2. The van der Waals surface area contributed by atoms with Crippen molar-refractivity contribution in [1.29, 1.82) is 0 Å². The number of nitrogens with zero attached hydrogens (tertiary/aromatic N) is 4. The summed E-state index contributed by atoms with van der Waals surface area (Å²) in [7, 11) is 1.56. The number of carboxylic acids is 1. The van der Waals surface area contributed by atoms with E-state index in [-0.39, 0.29) is 24.4 Å². The first-order valence-electron chi connectivity index (χ1n) is 5.91. The van der Waals surface area contributed by atoms with Crippen LogP contribution in [-0.2, 0) is 23.7 Å². The van der Waals surface area contributed by atoms with Gasteiger partial charge in [-0.1, -0.05) is 18.2 Å². The van der Waals surface area contributed by atoms with Crippen LogP contribution in [0, 0.1) is 5.82 Å². The van der Waals surface area contributed by atoms with Gasteiger partial charge in [-0.2, -0.15) is 4.80 Å². The molecule has 1 atom stereocenters. The summed E-state index contributed by atoms with van der Waals surface area (Å²) in [6.07, 6.45) is -0.131. The summed E-state index contributed by atoms with van der Waals surface area (Å²) < 4.78 is 14.0. The summed E-state index contributed by atoms with van der Waals surface area (Å²) in [5.41, 5.74) is 4.03. The van der Waals surface area contributed by atoms with Crippen molar-refractivity contribution in [3.05, 3.63) is 41.5 Å². The Morgan fingerprint density at radius 1 is 1.50 bits per heavy atom. The van der Waals surface area contributed by atoms with Gasteiger partial charge < -0.3 is 10.8 Å². The molecule has 106 valence electrons. The van der Waals surface area contributed by atoms with Gasteiger partial charge in [-0.3, -0.25) is 4.79 Å². The number of carbonyl (C=O) groups is 1. The van der Waals surface area contributed by atoms with Crippen molar-refractivity contribution >= 4 is 5.97 Å². The highest BCUT2D eigenvalue weighted by Gasteiger charge is 2.42. The van der Waals surface area contributed by atoms with E-state index >= 15 is 0 Å². The fourth-order valence-electron chi connectivity index (χ4n) is 2.07. The molecule has 0 amide bonds. The average Bonchev–Trinajstić information content (AvgIpc) is 2.82. The molecule has 8 heteroatoms. The van der Waals surface area contributed by atoms with E-state index in [4.69, 9.17) is 5.73 Å². The molecule has 0 saturated carbocycles. The lowest BCUT2D eigenvalue weighted by Crippen LogP contribution is -2.46. The quantitative estimate of drug-likeness (QED) is 0.789. The van der Waals surface area contributed by atoms with E-state index < -0.39 is 17.2 Å². The van der Waals surface area contributed by atoms with E-state index in [1.165, 1.54) is 23.0 Å². The third-order valence-electron chi connectivity index (χ3n) is 3.16. The Labute approximate surface area is 114 Å². The summed E-state index contributed by atoms with van der Waals surface area (Å²) in [4.78, 5) is 12.9. The minimum atomic E-state index is -1.62. The van der Waals surface area contributed by atoms with E-state index in [0.717, 1.165) is 0 Å². The molecule has 0 radical (unpaired) electrons. The van der Waals surface area contributed by atoms with E-state index in [0.29, 0.717) is 0 Å². The predicted molar refractivity (Wildman–Crippen MR) is 67.3 cm³/mol. The zero-order chi connectivity index (χ0) is 14.8. The molecule has 2 rings (SSSR count). The van der Waals surface area contributed by atoms with Gasteiger partial charge in [0.25, 0.3) is 0 Å². The Hall–Kier alpha value is -2.35. The second-order valence-corrected chi connectivity index (χ2v) is 4.44. The van der Waals surface area contributed by atoms with Crippen LogP contribution in [0.15, 0.2) is 24.3 Å². The molecule has 0 bridgehead atoms. The van der Waals surface area contributed by atoms with Crippen LogP contribution >= 0.6 is 0 Å². The van der Waals surface area contributed by atoms with Gasteiger partial charge in [0.15, 0.2) is 5.82 Å². The molecule has 0 aliphatic rings. The van der Waals surface area contributed by atoms with E-state index in [9.17, 15) is 14.3 Å². The van der Waals surface area contributed by atoms with Crippen molar-refractivity contribution in [2.45, 2.75) is 11.8 Å². The summed E-state index contributed by atoms with van der Waals surface area (Å²) >= 11 is 0. The molecule has 0 aliphatic carbocycles. The van der Waals surface area contributed by atoms with Crippen LogP contribution < -0.4 is 5.73 Å². The van der Waals surface area contributed by atoms with Gasteiger partial charge in [0.05, 0.1) is 7.05 Å². The van der Waals surface area contributed by atoms with E-state index in [2.05, 4.69) is 15.4 Å². The number of halogens is 1. The van der Waals surface area contributed by atoms with Gasteiger partial charge in [0, 0.05) is 18.5 Å². The number of carboxylic acid groups (broad SMARTS) is 1. The van der Waals surface area contributed by atoms with Crippen molar-refractivity contribution in [2.24, 2.45) is 12.8 Å². The number of rotatable bonds is 5. The molecule has 7 nitrogen and oxygen atoms in total. The van der Waals surface area contributed by atoms with Gasteiger partial charge in [0.1, 0.15) is 11.2 Å². The molecular formula is C12H14FN5O2. The highest BCUT2D eigenvalue weighted by Crippen LogP contribution is 2.29. The summed E-state index contributed by atoms with van der Waals surface area (Å²) in [6.45, 7) is -0.276. The van der Waals surface area contributed by atoms with Gasteiger partial charge in [-0.25, -0.2) is 4.39 Å². The molecule has 0 saturated heterocycles. The monoisotopic (exact) mass is 279 g/mol. The Balaban J connectivity index is 2.51. The second kappa shape index (κ2) is 5.33. The summed E-state index contributed by atoms with van der Waals surface area (Å²) in [5.74, 6) is -1.65. The Bertz CT molecular complexity index is 630. The van der Waals surface area contributed by atoms with Crippen molar-refractivity contribution in [3.8, 4) is 0 Å². The van der Waals surface area contributed by atoms with Crippen LogP contribution in [0.1, 0.15) is 11.4 Å².